The van der Waals surface area contributed by atoms with Gasteiger partial charge in [0, 0.05) is 60.8 Å². The number of piperazine rings is 1. The molecule has 61 heavy (non-hydrogen) atoms. The van der Waals surface area contributed by atoms with Crippen LogP contribution >= 0.6 is 22.7 Å². The molecule has 2 amide bonds. The number of thiophene rings is 2. The Hall–Kier alpha value is -6.31. The molecule has 0 saturated carbocycles. The summed E-state index contributed by atoms with van der Waals surface area (Å²) in [5, 5.41) is 14.0. The second-order valence-corrected chi connectivity index (χ2v) is 17.5. The Labute approximate surface area is 364 Å². The smallest absolute Gasteiger partial charge is 0.257 e. The molecule has 2 fully saturated rings. The van der Waals surface area contributed by atoms with Gasteiger partial charge in [-0.1, -0.05) is 48.5 Å². The highest BCUT2D eigenvalue weighted by molar-refractivity contribution is 7.13. The molecule has 2 aliphatic heterocycles. The Morgan fingerprint density at radius 1 is 0.590 bits per heavy atom. The van der Waals surface area contributed by atoms with Gasteiger partial charge in [0.25, 0.3) is 11.8 Å². The second kappa shape index (κ2) is 18.5. The maximum Gasteiger partial charge on any atom is 0.257 e. The van der Waals surface area contributed by atoms with Gasteiger partial charge in [0.15, 0.2) is 0 Å². The highest BCUT2D eigenvalue weighted by Gasteiger charge is 2.21. The fourth-order valence-corrected chi connectivity index (χ4v) is 9.48. The van der Waals surface area contributed by atoms with Crippen LogP contribution in [0.2, 0.25) is 0 Å². The molecule has 10 nitrogen and oxygen atoms in total. The first-order chi connectivity index (χ1) is 29.9. The summed E-state index contributed by atoms with van der Waals surface area (Å²) < 4.78 is 0. The molecule has 0 atom stereocenters. The van der Waals surface area contributed by atoms with Crippen molar-refractivity contribution in [2.45, 2.75) is 25.9 Å². The molecular formula is C49H48N8O2S2. The number of hydrogen-bond donors (Lipinski definition) is 4. The fraction of sp³-hybridized carbons (Fsp3) is 0.204. The zero-order chi connectivity index (χ0) is 41.5. The maximum atomic E-state index is 14.3. The van der Waals surface area contributed by atoms with Crippen LogP contribution < -0.4 is 26.6 Å². The number of nitrogen functional groups attached to an aromatic ring is 1. The molecule has 7 aromatic rings. The standard InChI is InChI=1S/C49H48N8O2S2/c50-40-18-15-37(45-7-5-27-60-45)30-43(40)53-49(59)39-17-12-35(33-56-23-25-57(26-24-56)47-9-1-2-20-51-47)29-42(39)52-41-19-16-38(46-8-6-28-61-46)31-44(41)54-48(58)36-13-10-34(11-14-36)32-55-21-3-4-22-55/h1-2,5-20,27-31,52H,3-4,21-26,32-33,50H2,(H,53,59)(H,54,58). The van der Waals surface area contributed by atoms with E-state index in [9.17, 15) is 9.59 Å². The van der Waals surface area contributed by atoms with E-state index < -0.39 is 0 Å². The third-order valence-electron chi connectivity index (χ3n) is 11.4. The van der Waals surface area contributed by atoms with Crippen molar-refractivity contribution in [3.05, 3.63) is 161 Å². The Morgan fingerprint density at radius 3 is 1.93 bits per heavy atom. The Bertz CT molecular complexity index is 2580. The van der Waals surface area contributed by atoms with Crippen molar-refractivity contribution in [1.29, 1.82) is 0 Å². The summed E-state index contributed by atoms with van der Waals surface area (Å²) in [6.45, 7) is 7.32. The number of anilines is 6. The van der Waals surface area contributed by atoms with E-state index in [0.717, 1.165) is 78.1 Å². The number of likely N-dealkylation sites (tertiary alicyclic amines) is 1. The van der Waals surface area contributed by atoms with Gasteiger partial charge in [0.1, 0.15) is 5.82 Å². The summed E-state index contributed by atoms with van der Waals surface area (Å²) >= 11 is 3.27. The highest BCUT2D eigenvalue weighted by Crippen LogP contribution is 2.36. The Balaban J connectivity index is 1.01. The van der Waals surface area contributed by atoms with E-state index in [1.807, 2.05) is 126 Å². The van der Waals surface area contributed by atoms with E-state index in [0.29, 0.717) is 46.1 Å². The highest BCUT2D eigenvalue weighted by atomic mass is 32.1. The minimum absolute atomic E-state index is 0.211. The van der Waals surface area contributed by atoms with Gasteiger partial charge in [-0.3, -0.25) is 19.4 Å². The minimum atomic E-state index is -0.303. The lowest BCUT2D eigenvalue weighted by Gasteiger charge is -2.35. The summed E-state index contributed by atoms with van der Waals surface area (Å²) in [5.41, 5.74) is 14.6. The largest absolute Gasteiger partial charge is 0.397 e. The number of nitrogens with two attached hydrogens (primary N) is 1. The quantitative estimate of drug-likeness (QED) is 0.0848. The van der Waals surface area contributed by atoms with Crippen LogP contribution in [0, 0.1) is 0 Å². The molecule has 0 aliphatic carbocycles. The summed E-state index contributed by atoms with van der Waals surface area (Å²) in [5.74, 6) is 0.479. The van der Waals surface area contributed by atoms with Crippen LogP contribution in [0.1, 0.15) is 44.7 Å². The molecule has 5 heterocycles. The van der Waals surface area contributed by atoms with E-state index in [-0.39, 0.29) is 11.8 Å². The van der Waals surface area contributed by atoms with Gasteiger partial charge in [-0.05, 0) is 132 Å². The predicted octanol–water partition coefficient (Wildman–Crippen LogP) is 10.3. The molecule has 0 spiro atoms. The number of rotatable bonds is 13. The number of aromatic nitrogens is 1. The van der Waals surface area contributed by atoms with Crippen molar-refractivity contribution >= 4 is 68.7 Å². The third-order valence-corrected chi connectivity index (χ3v) is 13.2. The van der Waals surface area contributed by atoms with E-state index in [4.69, 9.17) is 5.73 Å². The number of nitrogens with one attached hydrogen (secondary N) is 3. The van der Waals surface area contributed by atoms with Crippen LogP contribution in [0.5, 0.6) is 0 Å². The minimum Gasteiger partial charge on any atom is -0.397 e. The van der Waals surface area contributed by atoms with Crippen LogP contribution in [0.3, 0.4) is 0 Å². The molecule has 0 bridgehead atoms. The van der Waals surface area contributed by atoms with Crippen LogP contribution in [0.15, 0.2) is 138 Å². The lowest BCUT2D eigenvalue weighted by Crippen LogP contribution is -2.46. The molecule has 12 heteroatoms. The van der Waals surface area contributed by atoms with E-state index in [2.05, 4.69) is 47.8 Å². The van der Waals surface area contributed by atoms with Crippen molar-refractivity contribution in [2.24, 2.45) is 0 Å². The van der Waals surface area contributed by atoms with Gasteiger partial charge in [-0.15, -0.1) is 22.7 Å². The van der Waals surface area contributed by atoms with Crippen molar-refractivity contribution in [3.8, 4) is 20.9 Å². The zero-order valence-electron chi connectivity index (χ0n) is 33.8. The van der Waals surface area contributed by atoms with Crippen LogP contribution in [-0.4, -0.2) is 65.9 Å². The first kappa shape index (κ1) is 40.1. The number of pyridine rings is 1. The molecule has 308 valence electrons. The average Bonchev–Trinajstić information content (AvgIpc) is 4.12. The number of hydrogen-bond acceptors (Lipinski definition) is 10. The molecule has 0 radical (unpaired) electrons. The van der Waals surface area contributed by atoms with Gasteiger partial charge in [-0.25, -0.2) is 4.98 Å². The van der Waals surface area contributed by atoms with Gasteiger partial charge in [-0.2, -0.15) is 0 Å². The van der Waals surface area contributed by atoms with Gasteiger partial charge >= 0.3 is 0 Å². The number of amides is 2. The topological polar surface area (TPSA) is 119 Å². The number of benzene rings is 4. The Morgan fingerprint density at radius 2 is 1.25 bits per heavy atom. The second-order valence-electron chi connectivity index (χ2n) is 15.6. The summed E-state index contributed by atoms with van der Waals surface area (Å²) in [6.07, 6.45) is 4.31. The van der Waals surface area contributed by atoms with Crippen molar-refractivity contribution < 1.29 is 9.59 Å². The molecule has 3 aromatic heterocycles. The van der Waals surface area contributed by atoms with Gasteiger partial charge in [0.05, 0.1) is 34.0 Å². The van der Waals surface area contributed by atoms with E-state index >= 15 is 0 Å². The van der Waals surface area contributed by atoms with E-state index in [1.54, 1.807) is 22.7 Å². The summed E-state index contributed by atoms with van der Waals surface area (Å²) in [6, 6.07) is 39.7. The van der Waals surface area contributed by atoms with Crippen molar-refractivity contribution in [1.82, 2.24) is 14.8 Å². The third kappa shape index (κ3) is 9.69. The molecule has 9 rings (SSSR count). The number of carbonyl (C=O) groups excluding carboxylic acids is 2. The molecular weight excluding hydrogens is 797 g/mol. The average molecular weight is 845 g/mol. The lowest BCUT2D eigenvalue weighted by molar-refractivity contribution is 0.101. The number of nitrogens with zero attached hydrogens (tertiary/aromatic N) is 4. The molecule has 2 aliphatic rings. The molecule has 5 N–H and O–H groups in total. The molecule has 0 unspecified atom stereocenters. The fourth-order valence-electron chi connectivity index (χ4n) is 8.03. The van der Waals surface area contributed by atoms with Crippen LogP contribution in [0.25, 0.3) is 20.9 Å². The first-order valence-corrected chi connectivity index (χ1v) is 22.5. The number of carbonyl (C=O) groups is 2. The SMILES string of the molecule is Nc1ccc(-c2cccs2)cc1NC(=O)c1ccc(CN2CCN(c3ccccn3)CC2)cc1Nc1ccc(-c2cccs2)cc1NC(=O)c1ccc(CN2CCCC2)cc1. The monoisotopic (exact) mass is 844 g/mol. The van der Waals surface area contributed by atoms with Crippen LogP contribution in [-0.2, 0) is 13.1 Å². The van der Waals surface area contributed by atoms with Gasteiger partial charge < -0.3 is 26.6 Å². The maximum absolute atomic E-state index is 14.3. The normalized spacial score (nSPS) is 14.5. The van der Waals surface area contributed by atoms with Crippen LogP contribution in [0.4, 0.5) is 34.3 Å². The molecule has 4 aromatic carbocycles. The molecule has 2 saturated heterocycles. The predicted molar refractivity (Wildman–Crippen MR) is 252 cm³/mol. The summed E-state index contributed by atoms with van der Waals surface area (Å²) in [7, 11) is 0. The van der Waals surface area contributed by atoms with E-state index in [1.165, 1.54) is 18.4 Å². The van der Waals surface area contributed by atoms with Crippen molar-refractivity contribution in [3.63, 3.8) is 0 Å². The lowest BCUT2D eigenvalue weighted by atomic mass is 10.0. The summed E-state index contributed by atoms with van der Waals surface area (Å²) in [4.78, 5) is 42.2. The Kier molecular flexibility index (Phi) is 12.2. The first-order valence-electron chi connectivity index (χ1n) is 20.8. The van der Waals surface area contributed by atoms with Crippen molar-refractivity contribution in [2.75, 3.05) is 65.9 Å². The zero-order valence-corrected chi connectivity index (χ0v) is 35.5. The van der Waals surface area contributed by atoms with Gasteiger partial charge in [0.2, 0.25) is 0 Å².